The van der Waals surface area contributed by atoms with Crippen LogP contribution in [-0.2, 0) is 22.7 Å². The molecule has 0 fully saturated rings. The third-order valence-corrected chi connectivity index (χ3v) is 6.33. The molecule has 1 amide bonds. The number of carbonyl (C=O) groups excluding carboxylic acids is 2. The van der Waals surface area contributed by atoms with Crippen LogP contribution in [0.4, 0.5) is 5.69 Å². The fourth-order valence-corrected chi connectivity index (χ4v) is 4.33. The Hall–Kier alpha value is -4.48. The number of rotatable bonds is 7. The maximum absolute atomic E-state index is 13.3. The molecule has 11 heteroatoms. The number of benzene rings is 3. The van der Waals surface area contributed by atoms with Crippen molar-refractivity contribution < 1.29 is 24.6 Å². The third kappa shape index (κ3) is 10.5. The standard InChI is InChI=1S/C27H28BrN5O.2C2H4O2/c1-33(2,3)23-10-7-18(8-11-23)16-31-27(34)25-15-21-14-22(28)9-12-24(21)32(25)17-19-5-4-6-20(13-19)26(29)30;2*1-2(3)4/h4-15H,16-17H2,1-3H3,(H3-,29,30,31,34);2*1H3,(H,3,4). The van der Waals surface area contributed by atoms with Crippen molar-refractivity contribution in [2.24, 2.45) is 5.73 Å². The Morgan fingerprint density at radius 2 is 1.57 bits per heavy atom. The summed E-state index contributed by atoms with van der Waals surface area (Å²) in [5.74, 6) is -2.02. The molecule has 5 N–H and O–H groups in total. The minimum absolute atomic E-state index is 0.0254. The number of aromatic nitrogens is 1. The average molecular weight is 639 g/mol. The van der Waals surface area contributed by atoms with Gasteiger partial charge >= 0.3 is 0 Å². The van der Waals surface area contributed by atoms with Crippen LogP contribution in [-0.4, -0.2) is 54.5 Å². The molecule has 0 atom stereocenters. The molecule has 0 spiro atoms. The van der Waals surface area contributed by atoms with E-state index in [1.807, 2.05) is 53.1 Å². The molecule has 3 aromatic carbocycles. The maximum Gasteiger partial charge on any atom is 0.300 e. The van der Waals surface area contributed by atoms with E-state index in [9.17, 15) is 4.79 Å². The first-order valence-corrected chi connectivity index (χ1v) is 13.7. The van der Waals surface area contributed by atoms with Gasteiger partial charge in [0.2, 0.25) is 0 Å². The van der Waals surface area contributed by atoms with E-state index in [2.05, 4.69) is 66.7 Å². The normalized spacial score (nSPS) is 10.5. The Bertz CT molecular complexity index is 1550. The second-order valence-electron chi connectivity index (χ2n) is 10.3. The number of aliphatic carboxylic acids is 2. The van der Waals surface area contributed by atoms with Crippen molar-refractivity contribution in [3.63, 3.8) is 0 Å². The zero-order chi connectivity index (χ0) is 31.6. The highest BCUT2D eigenvalue weighted by Crippen LogP contribution is 2.25. The molecule has 0 aliphatic heterocycles. The van der Waals surface area contributed by atoms with Gasteiger partial charge in [0.15, 0.2) is 0 Å². The number of nitrogen functional groups attached to an aromatic ring is 1. The van der Waals surface area contributed by atoms with Gasteiger partial charge in [-0.05, 0) is 60.5 Å². The molecule has 4 aromatic rings. The monoisotopic (exact) mass is 637 g/mol. The van der Waals surface area contributed by atoms with E-state index in [0.717, 1.165) is 44.8 Å². The number of carboxylic acids is 2. The molecule has 0 unspecified atom stereocenters. The van der Waals surface area contributed by atoms with Crippen LogP contribution in [0.1, 0.15) is 41.0 Å². The predicted molar refractivity (Wildman–Crippen MR) is 167 cm³/mol. The van der Waals surface area contributed by atoms with Crippen molar-refractivity contribution in [3.05, 3.63) is 99.7 Å². The molecule has 1 aromatic heterocycles. The molecular formula is C31H36BrN5O5. The first-order chi connectivity index (χ1) is 19.6. The van der Waals surface area contributed by atoms with Crippen LogP contribution in [0.3, 0.4) is 0 Å². The van der Waals surface area contributed by atoms with Crippen molar-refractivity contribution in [2.45, 2.75) is 26.9 Å². The topological polar surface area (TPSA) is 161 Å². The molecule has 0 radical (unpaired) electrons. The lowest BCUT2D eigenvalue weighted by atomic mass is 10.1. The van der Waals surface area contributed by atoms with Crippen molar-refractivity contribution in [2.75, 3.05) is 21.1 Å². The molecule has 10 nitrogen and oxygen atoms in total. The van der Waals surface area contributed by atoms with Gasteiger partial charge in [-0.2, -0.15) is 0 Å². The second kappa shape index (κ2) is 14.9. The smallest absolute Gasteiger partial charge is 0.300 e. The van der Waals surface area contributed by atoms with Gasteiger partial charge in [0, 0.05) is 46.9 Å². The summed E-state index contributed by atoms with van der Waals surface area (Å²) in [5.41, 5.74) is 11.1. The first-order valence-electron chi connectivity index (χ1n) is 12.9. The van der Waals surface area contributed by atoms with Gasteiger partial charge in [-0.25, -0.2) is 0 Å². The number of nitrogens with zero attached hydrogens (tertiary/aromatic N) is 2. The van der Waals surface area contributed by atoms with E-state index < -0.39 is 11.9 Å². The van der Waals surface area contributed by atoms with Gasteiger partial charge in [0.05, 0.1) is 21.1 Å². The molecule has 1 heterocycles. The number of nitrogens with one attached hydrogen (secondary N) is 2. The summed E-state index contributed by atoms with van der Waals surface area (Å²) in [6, 6.07) is 23.8. The summed E-state index contributed by atoms with van der Waals surface area (Å²) in [7, 11) is 6.38. The quantitative estimate of drug-likeness (QED) is 0.137. The zero-order valence-electron chi connectivity index (χ0n) is 24.3. The van der Waals surface area contributed by atoms with Gasteiger partial charge in [-0.15, -0.1) is 0 Å². The molecular weight excluding hydrogens is 602 g/mol. The van der Waals surface area contributed by atoms with Crippen LogP contribution >= 0.6 is 15.9 Å². The summed E-state index contributed by atoms with van der Waals surface area (Å²) in [6.07, 6.45) is 0. The van der Waals surface area contributed by atoms with Gasteiger partial charge in [-0.3, -0.25) is 19.5 Å². The minimum Gasteiger partial charge on any atom is -0.550 e. The highest BCUT2D eigenvalue weighted by molar-refractivity contribution is 9.10. The Kier molecular flexibility index (Phi) is 12.0. The van der Waals surface area contributed by atoms with E-state index in [1.54, 1.807) is 0 Å². The van der Waals surface area contributed by atoms with Gasteiger partial charge in [0.25, 0.3) is 11.9 Å². The van der Waals surface area contributed by atoms with Crippen molar-refractivity contribution >= 4 is 56.2 Å². The molecule has 0 aliphatic carbocycles. The Labute approximate surface area is 253 Å². The Balaban J connectivity index is 0.000000686. The lowest BCUT2D eigenvalue weighted by Crippen LogP contribution is -2.34. The zero-order valence-corrected chi connectivity index (χ0v) is 25.9. The lowest BCUT2D eigenvalue weighted by Gasteiger charge is -2.23. The van der Waals surface area contributed by atoms with Crippen LogP contribution in [0.2, 0.25) is 0 Å². The van der Waals surface area contributed by atoms with Crippen LogP contribution in [0, 0.1) is 5.41 Å². The third-order valence-electron chi connectivity index (χ3n) is 5.84. The number of hydrogen-bond acceptors (Lipinski definition) is 5. The number of amides is 1. The summed E-state index contributed by atoms with van der Waals surface area (Å²) >= 11 is 3.53. The average Bonchev–Trinajstić information content (AvgIpc) is 3.23. The van der Waals surface area contributed by atoms with Gasteiger partial charge in [0.1, 0.15) is 17.2 Å². The van der Waals surface area contributed by atoms with Crippen LogP contribution in [0.5, 0.6) is 0 Å². The summed E-state index contributed by atoms with van der Waals surface area (Å²) in [4.78, 5) is 31.2. The fraction of sp³-hybridized carbons (Fsp3) is 0.226. The van der Waals surface area contributed by atoms with E-state index in [4.69, 9.17) is 30.9 Å². The number of amidine groups is 1. The fourth-order valence-electron chi connectivity index (χ4n) is 3.95. The van der Waals surface area contributed by atoms with E-state index >= 15 is 0 Å². The van der Waals surface area contributed by atoms with Crippen molar-refractivity contribution in [1.29, 1.82) is 5.41 Å². The molecule has 222 valence electrons. The van der Waals surface area contributed by atoms with E-state index in [0.29, 0.717) is 24.3 Å². The molecule has 0 bridgehead atoms. The van der Waals surface area contributed by atoms with E-state index in [1.165, 1.54) is 5.69 Å². The van der Waals surface area contributed by atoms with Crippen LogP contribution in [0.25, 0.3) is 10.9 Å². The number of fused-ring (bicyclic) bond motifs is 1. The van der Waals surface area contributed by atoms with Gasteiger partial charge < -0.3 is 30.6 Å². The SMILES string of the molecule is CC(=O)O.CC(=O)[O-].C[N+](C)(C)c1ccc(CNC(=O)c2cc3cc(Br)ccc3n2Cc2cccc(C(=N)N)c2)cc1. The predicted octanol–water partition coefficient (Wildman–Crippen LogP) is 3.71. The number of hydrogen-bond donors (Lipinski definition) is 4. The lowest BCUT2D eigenvalue weighted by molar-refractivity contribution is -0.302. The van der Waals surface area contributed by atoms with Crippen molar-refractivity contribution in [1.82, 2.24) is 14.4 Å². The summed E-state index contributed by atoms with van der Waals surface area (Å²) in [5, 5.41) is 28.1. The van der Waals surface area contributed by atoms with Crippen LogP contribution < -0.4 is 20.6 Å². The molecule has 0 saturated heterocycles. The number of halogens is 1. The number of nitrogens with two attached hydrogens (primary N) is 1. The van der Waals surface area contributed by atoms with Gasteiger partial charge in [-0.1, -0.05) is 46.3 Å². The molecule has 0 saturated carbocycles. The Morgan fingerprint density at radius 1 is 0.976 bits per heavy atom. The maximum atomic E-state index is 13.3. The van der Waals surface area contributed by atoms with E-state index in [-0.39, 0.29) is 11.7 Å². The largest absolute Gasteiger partial charge is 0.550 e. The van der Waals surface area contributed by atoms with Crippen LogP contribution in [0.15, 0.2) is 77.3 Å². The second-order valence-corrected chi connectivity index (χ2v) is 11.2. The highest BCUT2D eigenvalue weighted by Gasteiger charge is 2.17. The molecule has 0 aliphatic rings. The number of carbonyl (C=O) groups is 3. The first kappa shape index (κ1) is 33.7. The summed E-state index contributed by atoms with van der Waals surface area (Å²) in [6.45, 7) is 2.99. The molecule has 42 heavy (non-hydrogen) atoms. The highest BCUT2D eigenvalue weighted by atomic mass is 79.9. The minimum atomic E-state index is -1.08. The van der Waals surface area contributed by atoms with Crippen molar-refractivity contribution in [3.8, 4) is 0 Å². The number of quaternary nitrogens is 1. The molecule has 4 rings (SSSR count). The summed E-state index contributed by atoms with van der Waals surface area (Å²) < 4.78 is 3.71. The Morgan fingerprint density at radius 3 is 2.12 bits per heavy atom. The number of carboxylic acid groups (broad SMARTS) is 2.